The van der Waals surface area contributed by atoms with Gasteiger partial charge in [-0.1, -0.05) is 0 Å². The van der Waals surface area contributed by atoms with E-state index in [0.29, 0.717) is 6.07 Å². The molecule has 3 nitrogen and oxygen atoms in total. The van der Waals surface area contributed by atoms with E-state index >= 15 is 0 Å². The molecule has 0 spiro atoms. The lowest BCUT2D eigenvalue weighted by atomic mass is 9.97. The number of hydrogen-bond donors (Lipinski definition) is 0. The van der Waals surface area contributed by atoms with Gasteiger partial charge in [0.25, 0.3) is 6.43 Å². The molecule has 1 aromatic carbocycles. The lowest BCUT2D eigenvalue weighted by Crippen LogP contribution is -2.16. The van der Waals surface area contributed by atoms with Crippen LogP contribution in [0.2, 0.25) is 0 Å². The van der Waals surface area contributed by atoms with E-state index in [2.05, 4.69) is 4.74 Å². The second-order valence-corrected chi connectivity index (χ2v) is 3.62. The van der Waals surface area contributed by atoms with Gasteiger partial charge in [0.1, 0.15) is 0 Å². The first-order valence-electron chi connectivity index (χ1n) is 5.32. The molecule has 0 saturated carbocycles. The summed E-state index contributed by atoms with van der Waals surface area (Å²) >= 11 is 0. The Balaban J connectivity index is 3.64. The summed E-state index contributed by atoms with van der Waals surface area (Å²) in [5, 5.41) is 8.64. The monoisotopic (exact) mass is 293 g/mol. The quantitative estimate of drug-likeness (QED) is 0.631. The molecule has 20 heavy (non-hydrogen) atoms. The first kappa shape index (κ1) is 15.9. The summed E-state index contributed by atoms with van der Waals surface area (Å²) in [5.41, 5.74) is -4.69. The van der Waals surface area contributed by atoms with Gasteiger partial charge in [-0.15, -0.1) is 0 Å². The highest BCUT2D eigenvalue weighted by atomic mass is 19.4. The third kappa shape index (κ3) is 3.23. The Hall–Kier alpha value is -2.17. The number of carbonyl (C=O) groups excluding carboxylic acids is 1. The van der Waals surface area contributed by atoms with Crippen LogP contribution in [0.25, 0.3) is 0 Å². The fraction of sp³-hybridized carbons (Fsp3) is 0.333. The van der Waals surface area contributed by atoms with Gasteiger partial charge in [-0.2, -0.15) is 18.4 Å². The third-order valence-corrected chi connectivity index (χ3v) is 2.33. The zero-order valence-corrected chi connectivity index (χ0v) is 10.1. The first-order chi connectivity index (χ1) is 9.22. The highest BCUT2D eigenvalue weighted by Gasteiger charge is 2.39. The fourth-order valence-corrected chi connectivity index (χ4v) is 1.57. The maximum absolute atomic E-state index is 12.9. The number of hydrogen-bond acceptors (Lipinski definition) is 3. The van der Waals surface area contributed by atoms with Crippen molar-refractivity contribution in [3.05, 3.63) is 34.4 Å². The van der Waals surface area contributed by atoms with E-state index in [9.17, 15) is 26.7 Å². The maximum atomic E-state index is 12.9. The Bertz CT molecular complexity index is 560. The van der Waals surface area contributed by atoms with Gasteiger partial charge in [-0.3, -0.25) is 0 Å². The molecule has 0 heterocycles. The Morgan fingerprint density at radius 2 is 2.00 bits per heavy atom. The third-order valence-electron chi connectivity index (χ3n) is 2.33. The number of esters is 1. The van der Waals surface area contributed by atoms with Gasteiger partial charge in [0.05, 0.1) is 29.4 Å². The molecule has 0 saturated heterocycles. The van der Waals surface area contributed by atoms with E-state index in [-0.39, 0.29) is 12.7 Å². The van der Waals surface area contributed by atoms with Crippen molar-refractivity contribution in [3.63, 3.8) is 0 Å². The van der Waals surface area contributed by atoms with E-state index in [1.807, 2.05) is 0 Å². The Kier molecular flexibility index (Phi) is 4.65. The predicted molar refractivity (Wildman–Crippen MR) is 57.1 cm³/mol. The van der Waals surface area contributed by atoms with Crippen LogP contribution in [0, 0.1) is 11.3 Å². The number of benzene rings is 1. The largest absolute Gasteiger partial charge is 0.462 e. The van der Waals surface area contributed by atoms with E-state index < -0.39 is 40.8 Å². The topological polar surface area (TPSA) is 50.1 Å². The van der Waals surface area contributed by atoms with Crippen LogP contribution in [0.1, 0.15) is 40.4 Å². The summed E-state index contributed by atoms with van der Waals surface area (Å²) in [7, 11) is 0. The number of alkyl halides is 5. The van der Waals surface area contributed by atoms with Crippen molar-refractivity contribution in [3.8, 4) is 6.07 Å². The van der Waals surface area contributed by atoms with Crippen LogP contribution >= 0.6 is 0 Å². The minimum atomic E-state index is -5.11. The molecule has 0 aliphatic heterocycles. The molecule has 1 rings (SSSR count). The molecule has 0 aliphatic rings. The summed E-state index contributed by atoms with van der Waals surface area (Å²) < 4.78 is 68.4. The number of nitriles is 1. The van der Waals surface area contributed by atoms with Crippen molar-refractivity contribution in [2.24, 2.45) is 0 Å². The van der Waals surface area contributed by atoms with Crippen molar-refractivity contribution in [2.45, 2.75) is 19.5 Å². The van der Waals surface area contributed by atoms with Crippen molar-refractivity contribution in [1.29, 1.82) is 5.26 Å². The zero-order chi connectivity index (χ0) is 15.5. The minimum Gasteiger partial charge on any atom is -0.462 e. The molecule has 0 amide bonds. The standard InChI is InChI=1S/C12H8F5NO2/c1-2-20-11(19)7-3-6(5-18)4-8(12(15,16)17)9(7)10(13)14/h3-4,10H,2H2,1H3. The highest BCUT2D eigenvalue weighted by Crippen LogP contribution is 2.39. The van der Waals surface area contributed by atoms with Crippen molar-refractivity contribution in [2.75, 3.05) is 6.61 Å². The molecule has 0 unspecified atom stereocenters. The molecular formula is C12H8F5NO2. The summed E-state index contributed by atoms with van der Waals surface area (Å²) in [6.07, 6.45) is -8.64. The van der Waals surface area contributed by atoms with Crippen LogP contribution in [0.15, 0.2) is 12.1 Å². The second-order valence-electron chi connectivity index (χ2n) is 3.62. The number of halogens is 5. The van der Waals surface area contributed by atoms with Gasteiger partial charge in [0, 0.05) is 5.56 Å². The molecule has 0 aromatic heterocycles. The summed E-state index contributed by atoms with van der Waals surface area (Å²) in [6, 6.07) is 2.33. The molecule has 1 aromatic rings. The summed E-state index contributed by atoms with van der Waals surface area (Å²) in [6.45, 7) is 1.18. The molecule has 108 valence electrons. The average Bonchev–Trinajstić information content (AvgIpc) is 2.36. The molecule has 0 radical (unpaired) electrons. The minimum absolute atomic E-state index is 0.195. The molecule has 8 heteroatoms. The van der Waals surface area contributed by atoms with Crippen LogP contribution in [-0.4, -0.2) is 12.6 Å². The Labute approximate surface area is 110 Å². The smallest absolute Gasteiger partial charge is 0.416 e. The maximum Gasteiger partial charge on any atom is 0.416 e. The van der Waals surface area contributed by atoms with Crippen LogP contribution in [0.5, 0.6) is 0 Å². The zero-order valence-electron chi connectivity index (χ0n) is 10.1. The van der Waals surface area contributed by atoms with E-state index in [1.165, 1.54) is 13.0 Å². The summed E-state index contributed by atoms with van der Waals surface area (Å²) in [4.78, 5) is 11.5. The SMILES string of the molecule is CCOC(=O)c1cc(C#N)cc(C(F)(F)F)c1C(F)F. The van der Waals surface area contributed by atoms with Gasteiger partial charge in [-0.25, -0.2) is 13.6 Å². The Morgan fingerprint density at radius 1 is 1.40 bits per heavy atom. The highest BCUT2D eigenvalue weighted by molar-refractivity contribution is 5.92. The van der Waals surface area contributed by atoms with E-state index in [4.69, 9.17) is 5.26 Å². The van der Waals surface area contributed by atoms with Crippen LogP contribution < -0.4 is 0 Å². The van der Waals surface area contributed by atoms with E-state index in [1.54, 1.807) is 0 Å². The van der Waals surface area contributed by atoms with Gasteiger partial charge in [0.2, 0.25) is 0 Å². The lowest BCUT2D eigenvalue weighted by Gasteiger charge is -2.16. The molecule has 0 aliphatic carbocycles. The average molecular weight is 293 g/mol. The van der Waals surface area contributed by atoms with Crippen molar-refractivity contribution in [1.82, 2.24) is 0 Å². The normalized spacial score (nSPS) is 11.3. The molecule has 0 atom stereocenters. The van der Waals surface area contributed by atoms with Gasteiger partial charge in [0.15, 0.2) is 0 Å². The number of nitrogens with zero attached hydrogens (tertiary/aromatic N) is 1. The lowest BCUT2D eigenvalue weighted by molar-refractivity contribution is -0.139. The number of carbonyl (C=O) groups is 1. The number of ether oxygens (including phenoxy) is 1. The first-order valence-corrected chi connectivity index (χ1v) is 5.32. The molecular weight excluding hydrogens is 285 g/mol. The Morgan fingerprint density at radius 3 is 2.40 bits per heavy atom. The number of rotatable bonds is 3. The van der Waals surface area contributed by atoms with Gasteiger partial charge < -0.3 is 4.74 Å². The molecule has 0 fully saturated rings. The second kappa shape index (κ2) is 5.86. The fourth-order valence-electron chi connectivity index (χ4n) is 1.57. The summed E-state index contributed by atoms with van der Waals surface area (Å²) in [5.74, 6) is -1.33. The van der Waals surface area contributed by atoms with Crippen LogP contribution in [0.3, 0.4) is 0 Å². The van der Waals surface area contributed by atoms with Gasteiger partial charge in [-0.05, 0) is 19.1 Å². The molecule has 0 bridgehead atoms. The van der Waals surface area contributed by atoms with E-state index in [0.717, 1.165) is 0 Å². The van der Waals surface area contributed by atoms with Crippen molar-refractivity contribution < 1.29 is 31.5 Å². The van der Waals surface area contributed by atoms with Crippen LogP contribution in [-0.2, 0) is 10.9 Å². The molecule has 0 N–H and O–H groups in total. The van der Waals surface area contributed by atoms with Gasteiger partial charge >= 0.3 is 12.1 Å². The predicted octanol–water partition coefficient (Wildman–Crippen LogP) is 3.69. The van der Waals surface area contributed by atoms with Crippen molar-refractivity contribution >= 4 is 5.97 Å². The van der Waals surface area contributed by atoms with Crippen LogP contribution in [0.4, 0.5) is 22.0 Å².